The van der Waals surface area contributed by atoms with Crippen molar-refractivity contribution in [3.05, 3.63) is 35.9 Å². The van der Waals surface area contributed by atoms with Crippen molar-refractivity contribution >= 4 is 18.5 Å². The van der Waals surface area contributed by atoms with Crippen LogP contribution < -0.4 is 15.4 Å². The summed E-state index contributed by atoms with van der Waals surface area (Å²) in [4.78, 5) is 12.2. The Balaban J connectivity index is 0.000000209. The molecule has 2 N–H and O–H groups in total. The monoisotopic (exact) mass is 418 g/mol. The van der Waals surface area contributed by atoms with Crippen molar-refractivity contribution < 1.29 is 27.4 Å². The van der Waals surface area contributed by atoms with Gasteiger partial charge in [-0.15, -0.1) is 25.8 Å². The third-order valence-corrected chi connectivity index (χ3v) is 4.48. The van der Waals surface area contributed by atoms with E-state index in [4.69, 9.17) is 4.74 Å². The first-order valence-corrected chi connectivity index (χ1v) is 9.61. The van der Waals surface area contributed by atoms with E-state index in [0.717, 1.165) is 45.4 Å². The molecule has 9 heteroatoms. The molecule has 2 fully saturated rings. The van der Waals surface area contributed by atoms with Crippen LogP contribution in [0.15, 0.2) is 40.8 Å². The van der Waals surface area contributed by atoms with Crippen LogP contribution in [-0.2, 0) is 9.53 Å². The summed E-state index contributed by atoms with van der Waals surface area (Å²) in [5.41, 5.74) is 1.25. The fraction of sp³-hybridized carbons (Fsp3) is 0.526. The Morgan fingerprint density at radius 2 is 1.96 bits per heavy atom. The number of thiol groups is 1. The minimum Gasteiger partial charge on any atom is -0.406 e. The molecule has 0 aromatic heterocycles. The highest BCUT2D eigenvalue weighted by atomic mass is 32.1. The van der Waals surface area contributed by atoms with E-state index in [1.54, 1.807) is 6.08 Å². The second kappa shape index (κ2) is 11.3. The summed E-state index contributed by atoms with van der Waals surface area (Å²) in [6.45, 7) is 3.48. The predicted molar refractivity (Wildman–Crippen MR) is 103 cm³/mol. The number of halogens is 3. The molecule has 1 amide bonds. The number of carbonyl (C=O) groups excluding carboxylic acids is 1. The normalized spacial score (nSPS) is 19.4. The minimum atomic E-state index is -4.63. The number of rotatable bonds is 4. The van der Waals surface area contributed by atoms with Gasteiger partial charge in [0.1, 0.15) is 5.75 Å². The fourth-order valence-corrected chi connectivity index (χ4v) is 2.95. The number of carbonyl (C=O) groups is 1. The smallest absolute Gasteiger partial charge is 0.406 e. The number of nitrogens with one attached hydrogen (secondary N) is 2. The summed E-state index contributed by atoms with van der Waals surface area (Å²) in [5.74, 6) is -0.201. The molecule has 1 atom stereocenters. The summed E-state index contributed by atoms with van der Waals surface area (Å²) < 4.78 is 43.9. The molecule has 2 aliphatic rings. The van der Waals surface area contributed by atoms with E-state index in [0.29, 0.717) is 11.4 Å². The molecule has 0 saturated carbocycles. The second-order valence-electron chi connectivity index (χ2n) is 6.47. The number of benzene rings is 1. The maximum Gasteiger partial charge on any atom is 0.573 e. The van der Waals surface area contributed by atoms with Gasteiger partial charge < -0.3 is 20.1 Å². The number of amides is 1. The van der Waals surface area contributed by atoms with E-state index < -0.39 is 6.36 Å². The molecule has 0 radical (unpaired) electrons. The molecule has 2 heterocycles. The third-order valence-electron chi connectivity index (χ3n) is 4.18. The van der Waals surface area contributed by atoms with Gasteiger partial charge in [0.05, 0.1) is 6.10 Å². The first-order chi connectivity index (χ1) is 13.3. The lowest BCUT2D eigenvalue weighted by Crippen LogP contribution is -2.31. The van der Waals surface area contributed by atoms with Crippen LogP contribution in [0.2, 0.25) is 0 Å². The predicted octanol–water partition coefficient (Wildman–Crippen LogP) is 3.47. The number of hydrogen-bond acceptors (Lipinski definition) is 5. The molecule has 28 heavy (non-hydrogen) atoms. The van der Waals surface area contributed by atoms with Crippen LogP contribution >= 0.6 is 12.6 Å². The topological polar surface area (TPSA) is 59.6 Å². The third kappa shape index (κ3) is 9.48. The van der Waals surface area contributed by atoms with Crippen LogP contribution in [-0.4, -0.2) is 44.6 Å². The molecule has 1 aromatic rings. The Morgan fingerprint density at radius 3 is 2.54 bits per heavy atom. The van der Waals surface area contributed by atoms with E-state index >= 15 is 0 Å². The zero-order valence-electron chi connectivity index (χ0n) is 15.4. The van der Waals surface area contributed by atoms with Crippen LogP contribution in [0, 0.1) is 0 Å². The van der Waals surface area contributed by atoms with Crippen molar-refractivity contribution in [3.8, 4) is 5.75 Å². The molecule has 0 aliphatic carbocycles. The maximum absolute atomic E-state index is 11.6. The van der Waals surface area contributed by atoms with E-state index in [-0.39, 0.29) is 17.8 Å². The van der Waals surface area contributed by atoms with E-state index in [1.807, 2.05) is 0 Å². The molecular formula is C19H25F3N2O3S. The van der Waals surface area contributed by atoms with Crippen molar-refractivity contribution in [3.63, 3.8) is 0 Å². The summed E-state index contributed by atoms with van der Waals surface area (Å²) in [6.07, 6.45) is 1.54. The first kappa shape index (κ1) is 22.6. The SMILES string of the molecule is FC(F)(F)Oc1ccc(S)cc1.O=C(C=C1CCNCC1)NCC1CCCO1. The number of piperidine rings is 1. The Bertz CT molecular complexity index is 637. The first-order valence-electron chi connectivity index (χ1n) is 9.16. The van der Waals surface area contributed by atoms with Crippen LogP contribution in [0.5, 0.6) is 5.75 Å². The van der Waals surface area contributed by atoms with Crippen LogP contribution in [0.1, 0.15) is 25.7 Å². The molecular weight excluding hydrogens is 393 g/mol. The Labute approximate surface area is 168 Å². The standard InChI is InChI=1S/C12H20N2O2.C7H5F3OS/c15-12(8-10-3-5-13-6-4-10)14-9-11-2-1-7-16-11;8-7(9,10)11-5-1-3-6(12)4-2-5/h8,11,13H,1-7,9H2,(H,14,15);1-4,12H. The highest BCUT2D eigenvalue weighted by Crippen LogP contribution is 2.23. The molecule has 3 rings (SSSR count). The highest BCUT2D eigenvalue weighted by molar-refractivity contribution is 7.80. The van der Waals surface area contributed by atoms with Gasteiger partial charge in [0.25, 0.3) is 0 Å². The second-order valence-corrected chi connectivity index (χ2v) is 6.99. The van der Waals surface area contributed by atoms with Crippen molar-refractivity contribution in [2.24, 2.45) is 0 Å². The van der Waals surface area contributed by atoms with E-state index in [1.165, 1.54) is 29.8 Å². The summed E-state index contributed by atoms with van der Waals surface area (Å²) in [5, 5.41) is 6.18. The Morgan fingerprint density at radius 1 is 1.29 bits per heavy atom. The van der Waals surface area contributed by atoms with Gasteiger partial charge in [-0.3, -0.25) is 4.79 Å². The molecule has 2 saturated heterocycles. The number of alkyl halides is 3. The summed E-state index contributed by atoms with van der Waals surface area (Å²) >= 11 is 3.91. The van der Waals surface area contributed by atoms with Gasteiger partial charge in [0.15, 0.2) is 0 Å². The molecule has 0 spiro atoms. The molecule has 0 bridgehead atoms. The van der Waals surface area contributed by atoms with Crippen molar-refractivity contribution in [2.75, 3.05) is 26.2 Å². The van der Waals surface area contributed by atoms with Crippen molar-refractivity contribution in [1.82, 2.24) is 10.6 Å². The van der Waals surface area contributed by atoms with Gasteiger partial charge in [0.2, 0.25) is 5.91 Å². The fourth-order valence-electron chi connectivity index (χ4n) is 2.80. The average molecular weight is 418 g/mol. The van der Waals surface area contributed by atoms with Gasteiger partial charge >= 0.3 is 6.36 Å². The molecule has 1 unspecified atom stereocenters. The summed E-state index contributed by atoms with van der Waals surface area (Å²) in [7, 11) is 0. The van der Waals surface area contributed by atoms with E-state index in [9.17, 15) is 18.0 Å². The van der Waals surface area contributed by atoms with Gasteiger partial charge in [-0.25, -0.2) is 0 Å². The van der Waals surface area contributed by atoms with Crippen LogP contribution in [0.4, 0.5) is 13.2 Å². The number of hydrogen-bond donors (Lipinski definition) is 3. The molecule has 156 valence electrons. The Hall–Kier alpha value is -1.71. The van der Waals surface area contributed by atoms with E-state index in [2.05, 4.69) is 28.0 Å². The Kier molecular flexibility index (Phi) is 9.14. The van der Waals surface area contributed by atoms with Crippen LogP contribution in [0.3, 0.4) is 0 Å². The number of ether oxygens (including phenoxy) is 2. The van der Waals surface area contributed by atoms with Gasteiger partial charge in [-0.05, 0) is 63.0 Å². The van der Waals surface area contributed by atoms with Crippen molar-refractivity contribution in [1.29, 1.82) is 0 Å². The van der Waals surface area contributed by atoms with Crippen molar-refractivity contribution in [2.45, 2.75) is 43.0 Å². The average Bonchev–Trinajstić information content (AvgIpc) is 3.16. The van der Waals surface area contributed by atoms with Gasteiger partial charge in [0, 0.05) is 24.1 Å². The lowest BCUT2D eigenvalue weighted by molar-refractivity contribution is -0.274. The molecule has 5 nitrogen and oxygen atoms in total. The maximum atomic E-state index is 11.6. The lowest BCUT2D eigenvalue weighted by atomic mass is 10.1. The largest absolute Gasteiger partial charge is 0.573 e. The quantitative estimate of drug-likeness (QED) is 0.518. The minimum absolute atomic E-state index is 0.0346. The lowest BCUT2D eigenvalue weighted by Gasteiger charge is -2.15. The highest BCUT2D eigenvalue weighted by Gasteiger charge is 2.30. The van der Waals surface area contributed by atoms with Gasteiger partial charge in [-0.1, -0.05) is 5.57 Å². The molecule has 2 aliphatic heterocycles. The van der Waals surface area contributed by atoms with Gasteiger partial charge in [-0.2, -0.15) is 0 Å². The zero-order chi connectivity index (χ0) is 20.4. The summed E-state index contributed by atoms with van der Waals surface area (Å²) in [6, 6.07) is 5.25. The zero-order valence-corrected chi connectivity index (χ0v) is 16.3. The molecule has 1 aromatic carbocycles. The van der Waals surface area contributed by atoms with Crippen LogP contribution in [0.25, 0.3) is 0 Å².